The maximum Gasteiger partial charge on any atom is 0.119 e. The largest absolute Gasteiger partial charge is 0.493 e. The quantitative estimate of drug-likeness (QED) is 0.679. The lowest BCUT2D eigenvalue weighted by Gasteiger charge is -2.16. The first-order valence-corrected chi connectivity index (χ1v) is 9.21. The van der Waals surface area contributed by atoms with Gasteiger partial charge in [0.05, 0.1) is 12.7 Å². The lowest BCUT2D eigenvalue weighted by Crippen LogP contribution is -2.15. The van der Waals surface area contributed by atoms with Gasteiger partial charge in [-0.25, -0.2) is 0 Å². The van der Waals surface area contributed by atoms with Crippen LogP contribution in [0.15, 0.2) is 42.5 Å². The molecular weight excluding hydrogens is 312 g/mol. The Kier molecular flexibility index (Phi) is 7.80. The molecule has 0 spiro atoms. The van der Waals surface area contributed by atoms with Gasteiger partial charge in [0, 0.05) is 13.0 Å². The minimum Gasteiger partial charge on any atom is -0.493 e. The average molecular weight is 342 g/mol. The molecule has 0 amide bonds. The summed E-state index contributed by atoms with van der Waals surface area (Å²) in [7, 11) is 0. The van der Waals surface area contributed by atoms with E-state index in [0.717, 1.165) is 37.2 Å². The van der Waals surface area contributed by atoms with Crippen LogP contribution in [0.25, 0.3) is 0 Å². The standard InChI is InChI=1S/C22H30O3/c1-4-19-7-10-21(11-8-19)25-18(3)13-15-24-22-12-9-20(6-5-14-23)17(2)16-22/h7-12,16,18,23H,4-6,13-15H2,1-3H3. The fourth-order valence-corrected chi connectivity index (χ4v) is 2.75. The SMILES string of the molecule is CCc1ccc(OC(C)CCOc2ccc(CCCO)c(C)c2)cc1. The summed E-state index contributed by atoms with van der Waals surface area (Å²) in [6.07, 6.45) is 3.69. The van der Waals surface area contributed by atoms with E-state index in [1.807, 2.05) is 18.2 Å². The zero-order valence-corrected chi connectivity index (χ0v) is 15.6. The predicted molar refractivity (Wildman–Crippen MR) is 103 cm³/mol. The number of aryl methyl sites for hydroxylation is 3. The molecule has 2 aromatic carbocycles. The van der Waals surface area contributed by atoms with E-state index in [-0.39, 0.29) is 12.7 Å². The molecule has 0 fully saturated rings. The Morgan fingerprint density at radius 3 is 2.40 bits per heavy atom. The van der Waals surface area contributed by atoms with Crippen LogP contribution in [0.1, 0.15) is 43.4 Å². The van der Waals surface area contributed by atoms with Crippen LogP contribution in [0.4, 0.5) is 0 Å². The van der Waals surface area contributed by atoms with Crippen molar-refractivity contribution >= 4 is 0 Å². The number of rotatable bonds is 10. The average Bonchev–Trinajstić information content (AvgIpc) is 2.61. The second kappa shape index (κ2) is 10.1. The Hall–Kier alpha value is -2.00. The zero-order valence-electron chi connectivity index (χ0n) is 15.6. The van der Waals surface area contributed by atoms with Crippen molar-refractivity contribution < 1.29 is 14.6 Å². The topological polar surface area (TPSA) is 38.7 Å². The van der Waals surface area contributed by atoms with Gasteiger partial charge in [0.15, 0.2) is 0 Å². The van der Waals surface area contributed by atoms with E-state index in [1.165, 1.54) is 16.7 Å². The van der Waals surface area contributed by atoms with Gasteiger partial charge in [0.2, 0.25) is 0 Å². The Labute approximate surface area is 151 Å². The summed E-state index contributed by atoms with van der Waals surface area (Å²) in [4.78, 5) is 0. The van der Waals surface area contributed by atoms with Crippen LogP contribution in [0.2, 0.25) is 0 Å². The number of ether oxygens (including phenoxy) is 2. The van der Waals surface area contributed by atoms with Crippen molar-refractivity contribution in [3.63, 3.8) is 0 Å². The highest BCUT2D eigenvalue weighted by Crippen LogP contribution is 2.19. The summed E-state index contributed by atoms with van der Waals surface area (Å²) in [5.74, 6) is 1.80. The summed E-state index contributed by atoms with van der Waals surface area (Å²) >= 11 is 0. The minimum atomic E-state index is 0.109. The molecule has 0 aromatic heterocycles. The predicted octanol–water partition coefficient (Wildman–Crippen LogP) is 4.72. The molecule has 0 bridgehead atoms. The lowest BCUT2D eigenvalue weighted by molar-refractivity contribution is 0.177. The first kappa shape index (κ1) is 19.3. The molecule has 3 nitrogen and oxygen atoms in total. The number of benzene rings is 2. The van der Waals surface area contributed by atoms with Gasteiger partial charge in [-0.15, -0.1) is 0 Å². The maximum absolute atomic E-state index is 8.94. The second-order valence-corrected chi connectivity index (χ2v) is 6.48. The molecule has 0 radical (unpaired) electrons. The van der Waals surface area contributed by atoms with Crippen molar-refractivity contribution in [2.75, 3.05) is 13.2 Å². The highest BCUT2D eigenvalue weighted by Gasteiger charge is 2.06. The molecule has 1 N–H and O–H groups in total. The number of hydrogen-bond donors (Lipinski definition) is 1. The van der Waals surface area contributed by atoms with E-state index in [9.17, 15) is 0 Å². The van der Waals surface area contributed by atoms with E-state index in [4.69, 9.17) is 14.6 Å². The van der Waals surface area contributed by atoms with Gasteiger partial charge in [-0.3, -0.25) is 0 Å². The zero-order chi connectivity index (χ0) is 18.1. The van der Waals surface area contributed by atoms with Crippen molar-refractivity contribution in [3.8, 4) is 11.5 Å². The Balaban J connectivity index is 1.76. The Morgan fingerprint density at radius 1 is 1.04 bits per heavy atom. The van der Waals surface area contributed by atoms with Crippen LogP contribution < -0.4 is 9.47 Å². The molecule has 0 saturated carbocycles. The van der Waals surface area contributed by atoms with Crippen molar-refractivity contribution in [2.24, 2.45) is 0 Å². The van der Waals surface area contributed by atoms with E-state index in [0.29, 0.717) is 6.61 Å². The fourth-order valence-electron chi connectivity index (χ4n) is 2.75. The van der Waals surface area contributed by atoms with E-state index in [2.05, 4.69) is 45.0 Å². The van der Waals surface area contributed by atoms with Crippen LogP contribution in [-0.2, 0) is 12.8 Å². The number of aliphatic hydroxyl groups excluding tert-OH is 1. The molecule has 1 atom stereocenters. The normalized spacial score (nSPS) is 12.0. The smallest absolute Gasteiger partial charge is 0.119 e. The molecule has 2 aromatic rings. The maximum atomic E-state index is 8.94. The van der Waals surface area contributed by atoms with E-state index < -0.39 is 0 Å². The summed E-state index contributed by atoms with van der Waals surface area (Å²) in [6.45, 7) is 7.17. The minimum absolute atomic E-state index is 0.109. The van der Waals surface area contributed by atoms with Gasteiger partial charge in [0.1, 0.15) is 11.5 Å². The Bertz CT molecular complexity index is 634. The summed E-state index contributed by atoms with van der Waals surface area (Å²) in [5, 5.41) is 8.94. The van der Waals surface area contributed by atoms with Gasteiger partial charge in [-0.05, 0) is 74.1 Å². The molecule has 0 heterocycles. The number of aliphatic hydroxyl groups is 1. The molecular formula is C22H30O3. The molecule has 0 saturated heterocycles. The van der Waals surface area contributed by atoms with Gasteiger partial charge in [0.25, 0.3) is 0 Å². The van der Waals surface area contributed by atoms with Crippen LogP contribution in [-0.4, -0.2) is 24.4 Å². The molecule has 2 rings (SSSR count). The highest BCUT2D eigenvalue weighted by molar-refractivity contribution is 5.35. The third kappa shape index (κ3) is 6.43. The first-order valence-electron chi connectivity index (χ1n) is 9.21. The van der Waals surface area contributed by atoms with Crippen LogP contribution >= 0.6 is 0 Å². The van der Waals surface area contributed by atoms with Gasteiger partial charge in [-0.1, -0.05) is 25.1 Å². The van der Waals surface area contributed by atoms with Crippen molar-refractivity contribution in [3.05, 3.63) is 59.2 Å². The lowest BCUT2D eigenvalue weighted by atomic mass is 10.0. The summed E-state index contributed by atoms with van der Waals surface area (Å²) in [6, 6.07) is 14.5. The van der Waals surface area contributed by atoms with Gasteiger partial charge >= 0.3 is 0 Å². The van der Waals surface area contributed by atoms with Crippen LogP contribution in [0, 0.1) is 6.92 Å². The van der Waals surface area contributed by atoms with E-state index in [1.54, 1.807) is 0 Å². The first-order chi connectivity index (χ1) is 12.1. The number of hydrogen-bond acceptors (Lipinski definition) is 3. The molecule has 1 unspecified atom stereocenters. The fraction of sp³-hybridized carbons (Fsp3) is 0.455. The van der Waals surface area contributed by atoms with Crippen LogP contribution in [0.5, 0.6) is 11.5 Å². The van der Waals surface area contributed by atoms with E-state index >= 15 is 0 Å². The molecule has 0 aliphatic carbocycles. The third-order valence-electron chi connectivity index (χ3n) is 4.38. The van der Waals surface area contributed by atoms with Gasteiger partial charge < -0.3 is 14.6 Å². The summed E-state index contributed by atoms with van der Waals surface area (Å²) < 4.78 is 11.8. The van der Waals surface area contributed by atoms with Gasteiger partial charge in [-0.2, -0.15) is 0 Å². The molecule has 0 aliphatic rings. The van der Waals surface area contributed by atoms with Crippen molar-refractivity contribution in [2.45, 2.75) is 52.6 Å². The molecule has 136 valence electrons. The third-order valence-corrected chi connectivity index (χ3v) is 4.38. The highest BCUT2D eigenvalue weighted by atomic mass is 16.5. The van der Waals surface area contributed by atoms with Crippen molar-refractivity contribution in [1.82, 2.24) is 0 Å². The second-order valence-electron chi connectivity index (χ2n) is 6.48. The molecule has 3 heteroatoms. The molecule has 25 heavy (non-hydrogen) atoms. The van der Waals surface area contributed by atoms with Crippen LogP contribution in [0.3, 0.4) is 0 Å². The Morgan fingerprint density at radius 2 is 1.76 bits per heavy atom. The summed E-state index contributed by atoms with van der Waals surface area (Å²) in [5.41, 5.74) is 3.81. The molecule has 0 aliphatic heterocycles. The van der Waals surface area contributed by atoms with Crippen molar-refractivity contribution in [1.29, 1.82) is 0 Å². The monoisotopic (exact) mass is 342 g/mol.